The van der Waals surface area contributed by atoms with Gasteiger partial charge in [0.25, 0.3) is 0 Å². The van der Waals surface area contributed by atoms with Crippen molar-refractivity contribution >= 4 is 11.8 Å². The van der Waals surface area contributed by atoms with Crippen LogP contribution in [0, 0.1) is 6.42 Å². The molecule has 1 aliphatic heterocycles. The average Bonchev–Trinajstić information content (AvgIpc) is 2.79. The third-order valence-corrected chi connectivity index (χ3v) is 2.95. The van der Waals surface area contributed by atoms with Crippen molar-refractivity contribution in [3.63, 3.8) is 0 Å². The average molecular weight is 231 g/mol. The van der Waals surface area contributed by atoms with Crippen molar-refractivity contribution in [2.45, 2.75) is 18.9 Å². The first-order valence-electron chi connectivity index (χ1n) is 5.68. The fourth-order valence-corrected chi connectivity index (χ4v) is 2.10. The monoisotopic (exact) mass is 231 g/mol. The van der Waals surface area contributed by atoms with Crippen LogP contribution in [0.2, 0.25) is 0 Å². The molecule has 1 radical (unpaired) electrons. The van der Waals surface area contributed by atoms with Gasteiger partial charge in [0.05, 0.1) is 6.42 Å². The van der Waals surface area contributed by atoms with Gasteiger partial charge in [-0.3, -0.25) is 9.59 Å². The summed E-state index contributed by atoms with van der Waals surface area (Å²) in [5.74, 6) is -0.560. The minimum Gasteiger partial charge on any atom is -0.368 e. The van der Waals surface area contributed by atoms with Gasteiger partial charge in [0.15, 0.2) is 0 Å². The van der Waals surface area contributed by atoms with Crippen LogP contribution < -0.4 is 5.73 Å². The Labute approximate surface area is 100 Å². The van der Waals surface area contributed by atoms with E-state index in [2.05, 4.69) is 0 Å². The van der Waals surface area contributed by atoms with Crippen molar-refractivity contribution in [2.75, 3.05) is 6.54 Å². The van der Waals surface area contributed by atoms with Crippen molar-refractivity contribution in [1.82, 2.24) is 4.90 Å². The summed E-state index contributed by atoms with van der Waals surface area (Å²) >= 11 is 0. The minimum atomic E-state index is -0.442. The van der Waals surface area contributed by atoms with E-state index in [9.17, 15) is 9.59 Å². The van der Waals surface area contributed by atoms with Crippen LogP contribution in [-0.2, 0) is 9.59 Å². The SMILES string of the molecule is NC(=O)C1CCCN1C(=O)[CH]c1ccccc1. The number of carbonyl (C=O) groups excluding carboxylic acids is 2. The van der Waals surface area contributed by atoms with Crippen LogP contribution in [-0.4, -0.2) is 29.3 Å². The second-order valence-electron chi connectivity index (χ2n) is 4.15. The second kappa shape index (κ2) is 4.99. The zero-order valence-corrected chi connectivity index (χ0v) is 9.50. The highest BCUT2D eigenvalue weighted by Gasteiger charge is 2.32. The molecule has 0 saturated carbocycles. The number of nitrogens with two attached hydrogens (primary N) is 1. The number of carbonyl (C=O) groups is 2. The Bertz CT molecular complexity index is 417. The highest BCUT2D eigenvalue weighted by Crippen LogP contribution is 2.18. The molecule has 1 unspecified atom stereocenters. The number of primary amides is 1. The van der Waals surface area contributed by atoms with Gasteiger partial charge in [0.1, 0.15) is 6.04 Å². The number of likely N-dealkylation sites (tertiary alicyclic amines) is 1. The van der Waals surface area contributed by atoms with Crippen LogP contribution in [0.1, 0.15) is 18.4 Å². The number of benzene rings is 1. The highest BCUT2D eigenvalue weighted by molar-refractivity contribution is 5.93. The van der Waals surface area contributed by atoms with E-state index in [-0.39, 0.29) is 5.91 Å². The van der Waals surface area contributed by atoms with E-state index in [0.29, 0.717) is 13.0 Å². The molecule has 0 spiro atoms. The maximum atomic E-state index is 12.0. The molecule has 2 rings (SSSR count). The van der Waals surface area contributed by atoms with Crippen molar-refractivity contribution in [2.24, 2.45) is 5.73 Å². The summed E-state index contributed by atoms with van der Waals surface area (Å²) in [4.78, 5) is 24.7. The molecule has 1 aromatic carbocycles. The highest BCUT2D eigenvalue weighted by atomic mass is 16.2. The molecule has 89 valence electrons. The standard InChI is InChI=1S/C13H15N2O2/c14-13(17)11-7-4-8-15(11)12(16)9-10-5-2-1-3-6-10/h1-3,5-6,9,11H,4,7-8H2,(H2,14,17). The lowest BCUT2D eigenvalue weighted by atomic mass is 10.1. The normalized spacial score (nSPS) is 19.3. The lowest BCUT2D eigenvalue weighted by molar-refractivity contribution is -0.134. The van der Waals surface area contributed by atoms with Crippen LogP contribution in [0.15, 0.2) is 30.3 Å². The van der Waals surface area contributed by atoms with Crippen LogP contribution in [0.5, 0.6) is 0 Å². The number of hydrogen-bond acceptors (Lipinski definition) is 2. The molecule has 0 aromatic heterocycles. The molecular weight excluding hydrogens is 216 g/mol. The molecule has 17 heavy (non-hydrogen) atoms. The van der Waals surface area contributed by atoms with E-state index in [1.54, 1.807) is 11.3 Å². The number of amides is 2. The molecule has 1 heterocycles. The molecular formula is C13H15N2O2. The van der Waals surface area contributed by atoms with Gasteiger partial charge in [0, 0.05) is 6.54 Å². The Morgan fingerprint density at radius 3 is 2.65 bits per heavy atom. The smallest absolute Gasteiger partial charge is 0.240 e. The Kier molecular flexibility index (Phi) is 3.42. The van der Waals surface area contributed by atoms with Gasteiger partial charge in [-0.15, -0.1) is 0 Å². The third kappa shape index (κ3) is 2.64. The largest absolute Gasteiger partial charge is 0.368 e. The Morgan fingerprint density at radius 2 is 2.00 bits per heavy atom. The van der Waals surface area contributed by atoms with Crippen molar-refractivity contribution < 1.29 is 9.59 Å². The van der Waals surface area contributed by atoms with Crippen LogP contribution in [0.25, 0.3) is 0 Å². The van der Waals surface area contributed by atoms with Gasteiger partial charge in [-0.25, -0.2) is 0 Å². The number of hydrogen-bond donors (Lipinski definition) is 1. The summed E-state index contributed by atoms with van der Waals surface area (Å²) < 4.78 is 0. The lowest BCUT2D eigenvalue weighted by Crippen LogP contribution is -2.43. The zero-order valence-electron chi connectivity index (χ0n) is 9.50. The predicted octanol–water partition coefficient (Wildman–Crippen LogP) is 0.715. The Hall–Kier alpha value is -1.84. The van der Waals surface area contributed by atoms with Crippen molar-refractivity contribution in [1.29, 1.82) is 0 Å². The van der Waals surface area contributed by atoms with Crippen molar-refractivity contribution in [3.8, 4) is 0 Å². The maximum Gasteiger partial charge on any atom is 0.240 e. The Balaban J connectivity index is 2.03. The summed E-state index contributed by atoms with van der Waals surface area (Å²) in [5, 5.41) is 0. The quantitative estimate of drug-likeness (QED) is 0.833. The fraction of sp³-hybridized carbons (Fsp3) is 0.308. The molecule has 1 atom stereocenters. The van der Waals surface area contributed by atoms with Gasteiger partial charge in [-0.05, 0) is 18.4 Å². The first-order chi connectivity index (χ1) is 8.18. The number of rotatable bonds is 3. The molecule has 1 fully saturated rings. The summed E-state index contributed by atoms with van der Waals surface area (Å²) in [7, 11) is 0. The lowest BCUT2D eigenvalue weighted by Gasteiger charge is -2.21. The molecule has 1 saturated heterocycles. The van der Waals surface area contributed by atoms with E-state index in [1.165, 1.54) is 0 Å². The molecule has 1 aromatic rings. The summed E-state index contributed by atoms with van der Waals surface area (Å²) in [6.45, 7) is 0.607. The van der Waals surface area contributed by atoms with E-state index in [1.807, 2.05) is 30.3 Å². The molecule has 4 nitrogen and oxygen atoms in total. The summed E-state index contributed by atoms with van der Waals surface area (Å²) in [6, 6.07) is 8.90. The molecule has 1 aliphatic rings. The minimum absolute atomic E-state index is 0.141. The first kappa shape index (κ1) is 11.6. The topological polar surface area (TPSA) is 63.4 Å². The fourth-order valence-electron chi connectivity index (χ4n) is 2.10. The number of nitrogens with zero attached hydrogens (tertiary/aromatic N) is 1. The first-order valence-corrected chi connectivity index (χ1v) is 5.68. The van der Waals surface area contributed by atoms with Gasteiger partial charge in [-0.2, -0.15) is 0 Å². The zero-order chi connectivity index (χ0) is 12.3. The summed E-state index contributed by atoms with van der Waals surface area (Å²) in [5.41, 5.74) is 6.11. The molecule has 0 bridgehead atoms. The van der Waals surface area contributed by atoms with Gasteiger partial charge in [-0.1, -0.05) is 30.3 Å². The van der Waals surface area contributed by atoms with Gasteiger partial charge < -0.3 is 10.6 Å². The molecule has 4 heteroatoms. The van der Waals surface area contributed by atoms with Gasteiger partial charge in [0.2, 0.25) is 11.8 Å². The second-order valence-corrected chi connectivity index (χ2v) is 4.15. The van der Waals surface area contributed by atoms with E-state index >= 15 is 0 Å². The van der Waals surface area contributed by atoms with Crippen LogP contribution >= 0.6 is 0 Å². The van der Waals surface area contributed by atoms with E-state index in [0.717, 1.165) is 12.0 Å². The van der Waals surface area contributed by atoms with Crippen LogP contribution in [0.4, 0.5) is 0 Å². The van der Waals surface area contributed by atoms with Crippen LogP contribution in [0.3, 0.4) is 0 Å². The van der Waals surface area contributed by atoms with E-state index < -0.39 is 11.9 Å². The third-order valence-electron chi connectivity index (χ3n) is 2.95. The molecule has 2 N–H and O–H groups in total. The summed E-state index contributed by atoms with van der Waals surface area (Å²) in [6.07, 6.45) is 3.05. The predicted molar refractivity (Wildman–Crippen MR) is 63.8 cm³/mol. The van der Waals surface area contributed by atoms with Crippen molar-refractivity contribution in [3.05, 3.63) is 42.3 Å². The molecule has 2 amide bonds. The van der Waals surface area contributed by atoms with E-state index in [4.69, 9.17) is 5.73 Å². The Morgan fingerprint density at radius 1 is 1.29 bits per heavy atom. The van der Waals surface area contributed by atoms with Gasteiger partial charge >= 0.3 is 0 Å². The maximum absolute atomic E-state index is 12.0. The molecule has 0 aliphatic carbocycles.